The summed E-state index contributed by atoms with van der Waals surface area (Å²) in [6.07, 6.45) is 2.18. The van der Waals surface area contributed by atoms with E-state index >= 15 is 0 Å². The third-order valence-electron chi connectivity index (χ3n) is 1.38. The molecule has 1 aromatic rings. The number of aldehydes is 1. The maximum Gasteiger partial charge on any atom is 0.153 e. The van der Waals surface area contributed by atoms with E-state index in [0.717, 1.165) is 0 Å². The lowest BCUT2D eigenvalue weighted by Crippen LogP contribution is -1.90. The van der Waals surface area contributed by atoms with Gasteiger partial charge in [0.05, 0.1) is 5.56 Å². The highest BCUT2D eigenvalue weighted by atomic mass is 35.5. The predicted molar refractivity (Wildman–Crippen MR) is 48.6 cm³/mol. The SMILES string of the molecule is CSc1cc(Cl)cc(C=O)c1F. The van der Waals surface area contributed by atoms with Gasteiger partial charge in [-0.1, -0.05) is 11.6 Å². The first-order valence-electron chi connectivity index (χ1n) is 3.17. The summed E-state index contributed by atoms with van der Waals surface area (Å²) in [6.45, 7) is 0. The van der Waals surface area contributed by atoms with Crippen LogP contribution in [0.1, 0.15) is 10.4 Å². The Morgan fingerprint density at radius 3 is 2.75 bits per heavy atom. The molecule has 0 radical (unpaired) electrons. The van der Waals surface area contributed by atoms with Crippen molar-refractivity contribution in [2.75, 3.05) is 6.26 Å². The molecule has 0 atom stereocenters. The van der Waals surface area contributed by atoms with E-state index in [1.807, 2.05) is 0 Å². The van der Waals surface area contributed by atoms with Crippen LogP contribution in [0.15, 0.2) is 17.0 Å². The first kappa shape index (κ1) is 9.55. The number of hydrogen-bond donors (Lipinski definition) is 0. The summed E-state index contributed by atoms with van der Waals surface area (Å²) >= 11 is 6.86. The molecule has 0 amide bonds. The number of rotatable bonds is 2. The van der Waals surface area contributed by atoms with E-state index < -0.39 is 5.82 Å². The number of halogens is 2. The quantitative estimate of drug-likeness (QED) is 0.544. The smallest absolute Gasteiger partial charge is 0.153 e. The average molecular weight is 205 g/mol. The van der Waals surface area contributed by atoms with Crippen molar-refractivity contribution in [3.8, 4) is 0 Å². The fourth-order valence-electron chi connectivity index (χ4n) is 0.819. The minimum Gasteiger partial charge on any atom is -0.298 e. The second kappa shape index (κ2) is 3.92. The molecule has 0 spiro atoms. The zero-order valence-electron chi connectivity index (χ0n) is 6.30. The van der Waals surface area contributed by atoms with E-state index in [0.29, 0.717) is 16.2 Å². The molecule has 0 aliphatic rings. The zero-order chi connectivity index (χ0) is 9.14. The number of hydrogen-bond acceptors (Lipinski definition) is 2. The van der Waals surface area contributed by atoms with Gasteiger partial charge < -0.3 is 0 Å². The molecule has 0 N–H and O–H groups in total. The Bertz CT molecular complexity index is 314. The molecule has 0 heterocycles. The van der Waals surface area contributed by atoms with Gasteiger partial charge in [-0.05, 0) is 18.4 Å². The van der Waals surface area contributed by atoms with Crippen molar-refractivity contribution in [2.24, 2.45) is 0 Å². The number of carbonyl (C=O) groups excluding carboxylic acids is 1. The van der Waals surface area contributed by atoms with Gasteiger partial charge >= 0.3 is 0 Å². The van der Waals surface area contributed by atoms with Crippen LogP contribution in [-0.4, -0.2) is 12.5 Å². The predicted octanol–water partition coefficient (Wildman–Crippen LogP) is 3.01. The molecular weight excluding hydrogens is 199 g/mol. The molecule has 1 aromatic carbocycles. The zero-order valence-corrected chi connectivity index (χ0v) is 7.88. The summed E-state index contributed by atoms with van der Waals surface area (Å²) < 4.78 is 13.1. The van der Waals surface area contributed by atoms with Gasteiger partial charge in [-0.25, -0.2) is 4.39 Å². The van der Waals surface area contributed by atoms with Crippen LogP contribution in [0.3, 0.4) is 0 Å². The van der Waals surface area contributed by atoms with Gasteiger partial charge in [-0.15, -0.1) is 11.8 Å². The summed E-state index contributed by atoms with van der Waals surface area (Å²) in [6, 6.07) is 2.80. The highest BCUT2D eigenvalue weighted by Gasteiger charge is 2.08. The minimum absolute atomic E-state index is 0.00634. The van der Waals surface area contributed by atoms with Crippen molar-refractivity contribution in [1.29, 1.82) is 0 Å². The first-order chi connectivity index (χ1) is 5.69. The minimum atomic E-state index is -0.498. The van der Waals surface area contributed by atoms with Crippen molar-refractivity contribution in [2.45, 2.75) is 4.90 Å². The van der Waals surface area contributed by atoms with Crippen molar-refractivity contribution in [3.63, 3.8) is 0 Å². The van der Waals surface area contributed by atoms with Gasteiger partial charge in [0.2, 0.25) is 0 Å². The van der Waals surface area contributed by atoms with Crippen LogP contribution in [0.2, 0.25) is 5.02 Å². The lowest BCUT2D eigenvalue weighted by molar-refractivity contribution is 0.111. The maximum atomic E-state index is 13.1. The van der Waals surface area contributed by atoms with Gasteiger partial charge in [0.15, 0.2) is 6.29 Å². The Morgan fingerprint density at radius 2 is 2.25 bits per heavy atom. The Hall–Kier alpha value is -0.540. The molecule has 0 bridgehead atoms. The molecule has 0 aromatic heterocycles. The standard InChI is InChI=1S/C8H6ClFOS/c1-12-7-3-6(9)2-5(4-11)8(7)10/h2-4H,1H3. The normalized spacial score (nSPS) is 9.92. The first-order valence-corrected chi connectivity index (χ1v) is 4.77. The molecule has 0 unspecified atom stereocenters. The lowest BCUT2D eigenvalue weighted by Gasteiger charge is -2.01. The number of benzene rings is 1. The van der Waals surface area contributed by atoms with Crippen LogP contribution in [0.4, 0.5) is 4.39 Å². The van der Waals surface area contributed by atoms with E-state index in [-0.39, 0.29) is 5.56 Å². The Morgan fingerprint density at radius 1 is 1.58 bits per heavy atom. The largest absolute Gasteiger partial charge is 0.298 e. The topological polar surface area (TPSA) is 17.1 Å². The maximum absolute atomic E-state index is 13.1. The van der Waals surface area contributed by atoms with Crippen LogP contribution in [-0.2, 0) is 0 Å². The molecule has 0 saturated heterocycles. The van der Waals surface area contributed by atoms with Crippen LogP contribution >= 0.6 is 23.4 Å². The second-order valence-electron chi connectivity index (χ2n) is 2.13. The highest BCUT2D eigenvalue weighted by molar-refractivity contribution is 7.98. The third kappa shape index (κ3) is 1.79. The molecule has 64 valence electrons. The molecule has 1 nitrogen and oxygen atoms in total. The van der Waals surface area contributed by atoms with Gasteiger partial charge in [0, 0.05) is 9.92 Å². The second-order valence-corrected chi connectivity index (χ2v) is 3.41. The molecule has 0 saturated carbocycles. The summed E-state index contributed by atoms with van der Waals surface area (Å²) in [4.78, 5) is 10.7. The van der Waals surface area contributed by atoms with Crippen molar-refractivity contribution in [3.05, 3.63) is 28.5 Å². The van der Waals surface area contributed by atoms with Gasteiger partial charge in [-0.2, -0.15) is 0 Å². The molecule has 12 heavy (non-hydrogen) atoms. The average Bonchev–Trinajstić information content (AvgIpc) is 2.08. The van der Waals surface area contributed by atoms with Crippen LogP contribution in [0.5, 0.6) is 0 Å². The Labute approximate surface area is 78.9 Å². The monoisotopic (exact) mass is 204 g/mol. The summed E-state index contributed by atoms with van der Waals surface area (Å²) in [7, 11) is 0. The van der Waals surface area contributed by atoms with Gasteiger partial charge in [-0.3, -0.25) is 4.79 Å². The van der Waals surface area contributed by atoms with Crippen molar-refractivity contribution in [1.82, 2.24) is 0 Å². The fourth-order valence-corrected chi connectivity index (χ4v) is 1.65. The van der Waals surface area contributed by atoms with Crippen LogP contribution in [0, 0.1) is 5.82 Å². The van der Waals surface area contributed by atoms with Crippen LogP contribution in [0.25, 0.3) is 0 Å². The Kier molecular flexibility index (Phi) is 3.12. The Balaban J connectivity index is 3.31. The summed E-state index contributed by atoms with van der Waals surface area (Å²) in [5.74, 6) is -0.498. The third-order valence-corrected chi connectivity index (χ3v) is 2.33. The van der Waals surface area contributed by atoms with E-state index in [4.69, 9.17) is 11.6 Å². The number of thioether (sulfide) groups is 1. The van der Waals surface area contributed by atoms with E-state index in [1.165, 1.54) is 23.9 Å². The molecule has 4 heteroatoms. The van der Waals surface area contributed by atoms with Gasteiger partial charge in [0.25, 0.3) is 0 Å². The van der Waals surface area contributed by atoms with E-state index in [9.17, 15) is 9.18 Å². The van der Waals surface area contributed by atoms with Crippen LogP contribution < -0.4 is 0 Å². The highest BCUT2D eigenvalue weighted by Crippen LogP contribution is 2.25. The number of carbonyl (C=O) groups is 1. The summed E-state index contributed by atoms with van der Waals surface area (Å²) in [5.41, 5.74) is 0.00634. The molecular formula is C8H6ClFOS. The summed E-state index contributed by atoms with van der Waals surface area (Å²) in [5, 5.41) is 0.378. The lowest BCUT2D eigenvalue weighted by atomic mass is 10.2. The van der Waals surface area contributed by atoms with Crippen molar-refractivity contribution >= 4 is 29.6 Å². The fraction of sp³-hybridized carbons (Fsp3) is 0.125. The van der Waals surface area contributed by atoms with E-state index in [1.54, 1.807) is 6.26 Å². The van der Waals surface area contributed by atoms with Gasteiger partial charge in [0.1, 0.15) is 5.82 Å². The molecule has 0 fully saturated rings. The molecule has 0 aliphatic carbocycles. The van der Waals surface area contributed by atoms with Crippen molar-refractivity contribution < 1.29 is 9.18 Å². The molecule has 1 rings (SSSR count). The molecule has 0 aliphatic heterocycles. The van der Waals surface area contributed by atoms with E-state index in [2.05, 4.69) is 0 Å².